The van der Waals surface area contributed by atoms with Gasteiger partial charge in [0.15, 0.2) is 0 Å². The maximum Gasteiger partial charge on any atom is 0.507 e. The lowest BCUT2D eigenvalue weighted by molar-refractivity contribution is -0.416. The molecule has 0 spiro atoms. The number of methoxy groups -OCH3 is 1. The highest BCUT2D eigenvalue weighted by Crippen LogP contribution is 2.37. The van der Waals surface area contributed by atoms with Gasteiger partial charge in [-0.05, 0) is 33.6 Å². The van der Waals surface area contributed by atoms with Gasteiger partial charge in [-0.3, -0.25) is 10.1 Å². The summed E-state index contributed by atoms with van der Waals surface area (Å²) in [7, 11) is 1.55. The second-order valence-electron chi connectivity index (χ2n) is 5.52. The van der Waals surface area contributed by atoms with Crippen LogP contribution < -0.4 is 4.74 Å². The lowest BCUT2D eigenvalue weighted by Gasteiger charge is -2.37. The molecule has 0 fully saturated rings. The van der Waals surface area contributed by atoms with E-state index in [0.717, 1.165) is 5.56 Å². The van der Waals surface area contributed by atoms with Gasteiger partial charge in [-0.25, -0.2) is 9.79 Å². The quantitative estimate of drug-likeness (QED) is 0.448. The second kappa shape index (κ2) is 7.16. The number of hydrogen-bond donors (Lipinski definition) is 1. The van der Waals surface area contributed by atoms with Crippen LogP contribution in [0.5, 0.6) is 5.75 Å². The van der Waals surface area contributed by atoms with Gasteiger partial charge in [0.25, 0.3) is 0 Å². The van der Waals surface area contributed by atoms with Gasteiger partial charge < -0.3 is 19.5 Å². The highest BCUT2D eigenvalue weighted by Gasteiger charge is 2.40. The van der Waals surface area contributed by atoms with E-state index >= 15 is 0 Å². The molecule has 0 saturated carbocycles. The number of nitro groups is 1. The summed E-state index contributed by atoms with van der Waals surface area (Å²) in [6.45, 7) is 0. The maximum atomic E-state index is 11.4. The molecule has 0 aromatic heterocycles. The van der Waals surface area contributed by atoms with Gasteiger partial charge in [0, 0.05) is 23.2 Å². The lowest BCUT2D eigenvalue weighted by atomic mass is 9.98. The molecule has 0 saturated heterocycles. The molecule has 0 radical (unpaired) electrons. The van der Waals surface area contributed by atoms with E-state index in [1.54, 1.807) is 30.3 Å². The summed E-state index contributed by atoms with van der Waals surface area (Å²) in [5.74, 6) is 0.717. The fourth-order valence-electron chi connectivity index (χ4n) is 2.87. The predicted molar refractivity (Wildman–Crippen MR) is 94.6 cm³/mol. The molecule has 1 aromatic rings. The van der Waals surface area contributed by atoms with Crippen LogP contribution in [0.1, 0.15) is 18.0 Å². The van der Waals surface area contributed by atoms with E-state index in [9.17, 15) is 14.9 Å². The largest absolute Gasteiger partial charge is 0.507 e. The topological polar surface area (TPSA) is 115 Å². The highest BCUT2D eigenvalue weighted by atomic mass is 79.9. The highest BCUT2D eigenvalue weighted by molar-refractivity contribution is 9.11. The lowest BCUT2D eigenvalue weighted by Crippen LogP contribution is -2.42. The van der Waals surface area contributed by atoms with Crippen molar-refractivity contribution in [2.24, 2.45) is 4.99 Å². The number of hydrogen-bond acceptors (Lipinski definition) is 7. The van der Waals surface area contributed by atoms with Crippen molar-refractivity contribution in [1.82, 2.24) is 4.90 Å². The van der Waals surface area contributed by atoms with Crippen molar-refractivity contribution in [3.05, 3.63) is 62.4 Å². The first-order valence-corrected chi connectivity index (χ1v) is 8.32. The van der Waals surface area contributed by atoms with Gasteiger partial charge in [-0.15, -0.1) is 0 Å². The standard InChI is InChI=1S/C16H14BrN3O6/c1-25-11-4-2-9(3-5-11)12-7-14(26-16(21)22)18-15-13(20(23)24)6-10(17)8-19(12)15/h2-6,8,12,14H,7H2,1H3,(H,21,22). The zero-order valence-electron chi connectivity index (χ0n) is 13.5. The Morgan fingerprint density at radius 2 is 2.12 bits per heavy atom. The Hall–Kier alpha value is -2.88. The van der Waals surface area contributed by atoms with Gasteiger partial charge in [0.1, 0.15) is 5.75 Å². The molecule has 2 unspecified atom stereocenters. The smallest absolute Gasteiger partial charge is 0.497 e. The third kappa shape index (κ3) is 3.54. The summed E-state index contributed by atoms with van der Waals surface area (Å²) in [5, 5.41) is 20.3. The van der Waals surface area contributed by atoms with Crippen molar-refractivity contribution < 1.29 is 24.3 Å². The third-order valence-corrected chi connectivity index (χ3v) is 4.41. The van der Waals surface area contributed by atoms with Crippen LogP contribution in [-0.2, 0) is 4.74 Å². The minimum atomic E-state index is -1.49. The number of aliphatic imine (C=N–C) groups is 1. The number of carbonyl (C=O) groups is 1. The van der Waals surface area contributed by atoms with Crippen molar-refractivity contribution in [3.8, 4) is 5.75 Å². The first-order chi connectivity index (χ1) is 12.4. The Bertz CT molecular complexity index is 833. The number of fused-ring (bicyclic) bond motifs is 1. The molecule has 2 aliphatic rings. The zero-order valence-corrected chi connectivity index (χ0v) is 15.1. The van der Waals surface area contributed by atoms with Crippen LogP contribution in [0.15, 0.2) is 51.7 Å². The minimum absolute atomic E-state index is 0.0523. The van der Waals surface area contributed by atoms with E-state index in [2.05, 4.69) is 20.9 Å². The third-order valence-electron chi connectivity index (χ3n) is 3.97. The first-order valence-electron chi connectivity index (χ1n) is 7.52. The molecule has 2 heterocycles. The van der Waals surface area contributed by atoms with Gasteiger partial charge in [-0.2, -0.15) is 0 Å². The van der Waals surface area contributed by atoms with E-state index in [-0.39, 0.29) is 18.0 Å². The maximum absolute atomic E-state index is 11.4. The summed E-state index contributed by atoms with van der Waals surface area (Å²) < 4.78 is 10.4. The molecule has 1 aromatic carbocycles. The number of rotatable bonds is 4. The van der Waals surface area contributed by atoms with Crippen LogP contribution >= 0.6 is 15.9 Å². The fraction of sp³-hybridized carbons (Fsp3) is 0.250. The Morgan fingerprint density at radius 1 is 1.42 bits per heavy atom. The van der Waals surface area contributed by atoms with Gasteiger partial charge in [-0.1, -0.05) is 12.1 Å². The van der Waals surface area contributed by atoms with E-state index in [4.69, 9.17) is 14.6 Å². The molecule has 2 atom stereocenters. The number of amidine groups is 1. The molecule has 26 heavy (non-hydrogen) atoms. The summed E-state index contributed by atoms with van der Waals surface area (Å²) in [6, 6.07) is 6.77. The normalized spacial score (nSPS) is 21.8. The summed E-state index contributed by atoms with van der Waals surface area (Å²) in [4.78, 5) is 27.6. The number of nitrogens with zero attached hydrogens (tertiary/aromatic N) is 3. The number of benzene rings is 1. The Labute approximate surface area is 156 Å². The van der Waals surface area contributed by atoms with Crippen LogP contribution in [0.4, 0.5) is 4.79 Å². The molecule has 1 N–H and O–H groups in total. The average molecular weight is 424 g/mol. The van der Waals surface area contributed by atoms with Crippen LogP contribution in [-0.4, -0.2) is 40.3 Å². The van der Waals surface area contributed by atoms with Gasteiger partial charge in [0.2, 0.25) is 12.1 Å². The summed E-state index contributed by atoms with van der Waals surface area (Å²) in [5.41, 5.74) is 0.579. The molecule has 3 rings (SSSR count). The first kappa shape index (κ1) is 17.9. The summed E-state index contributed by atoms with van der Waals surface area (Å²) >= 11 is 3.28. The van der Waals surface area contributed by atoms with Crippen molar-refractivity contribution in [1.29, 1.82) is 0 Å². The van der Waals surface area contributed by atoms with Crippen molar-refractivity contribution >= 4 is 27.9 Å². The number of halogens is 1. The second-order valence-corrected chi connectivity index (χ2v) is 6.44. The molecule has 0 amide bonds. The Balaban J connectivity index is 2.04. The van der Waals surface area contributed by atoms with E-state index < -0.39 is 23.3 Å². The monoisotopic (exact) mass is 423 g/mol. The number of carboxylic acid groups (broad SMARTS) is 1. The van der Waals surface area contributed by atoms with Crippen LogP contribution in [0.2, 0.25) is 0 Å². The van der Waals surface area contributed by atoms with E-state index in [1.165, 1.54) is 6.08 Å². The number of ether oxygens (including phenoxy) is 2. The molecule has 136 valence electrons. The molecular weight excluding hydrogens is 410 g/mol. The van der Waals surface area contributed by atoms with Crippen molar-refractivity contribution in [3.63, 3.8) is 0 Å². The van der Waals surface area contributed by atoms with Crippen LogP contribution in [0.25, 0.3) is 0 Å². The van der Waals surface area contributed by atoms with E-state index in [0.29, 0.717) is 10.2 Å². The van der Waals surface area contributed by atoms with Crippen molar-refractivity contribution in [2.75, 3.05) is 7.11 Å². The predicted octanol–water partition coefficient (Wildman–Crippen LogP) is 3.27. The average Bonchev–Trinajstić information content (AvgIpc) is 2.60. The van der Waals surface area contributed by atoms with Gasteiger partial charge >= 0.3 is 11.9 Å². The van der Waals surface area contributed by atoms with E-state index in [1.807, 2.05) is 12.1 Å². The SMILES string of the molecule is COc1ccc(C2CC(OC(=O)O)N=C3C([N+](=O)[O-])=CC(Br)=CN32)cc1. The van der Waals surface area contributed by atoms with Crippen molar-refractivity contribution in [2.45, 2.75) is 18.7 Å². The molecule has 0 aliphatic carbocycles. The minimum Gasteiger partial charge on any atom is -0.497 e. The van der Waals surface area contributed by atoms with Crippen LogP contribution in [0.3, 0.4) is 0 Å². The van der Waals surface area contributed by atoms with Crippen LogP contribution in [0, 0.1) is 10.1 Å². The Kier molecular flexibility index (Phi) is 4.94. The van der Waals surface area contributed by atoms with Gasteiger partial charge in [0.05, 0.1) is 18.1 Å². The molecule has 0 bridgehead atoms. The molecule has 10 heteroatoms. The Morgan fingerprint density at radius 3 is 2.69 bits per heavy atom. The zero-order chi connectivity index (χ0) is 18.8. The fourth-order valence-corrected chi connectivity index (χ4v) is 3.31. The number of allylic oxidation sites excluding steroid dienone is 2. The molecule has 2 aliphatic heterocycles. The summed E-state index contributed by atoms with van der Waals surface area (Å²) in [6.07, 6.45) is 0.686. The molecular formula is C16H14BrN3O6. The molecule has 9 nitrogen and oxygen atoms in total.